The van der Waals surface area contributed by atoms with Crippen LogP contribution in [-0.4, -0.2) is 51.0 Å². The highest BCUT2D eigenvalue weighted by atomic mass is 16.2. The first-order valence-corrected chi connectivity index (χ1v) is 7.70. The summed E-state index contributed by atoms with van der Waals surface area (Å²) in [7, 11) is 3.16. The number of hydrogen-bond acceptors (Lipinski definition) is 4. The van der Waals surface area contributed by atoms with E-state index in [2.05, 4.69) is 4.90 Å². The van der Waals surface area contributed by atoms with Gasteiger partial charge in [-0.2, -0.15) is 0 Å². The van der Waals surface area contributed by atoms with Gasteiger partial charge in [-0.05, 0) is 6.42 Å². The van der Waals surface area contributed by atoms with Crippen molar-refractivity contribution in [1.82, 2.24) is 18.9 Å². The predicted molar refractivity (Wildman–Crippen MR) is 83.7 cm³/mol. The second-order valence-electron chi connectivity index (χ2n) is 5.74. The molecule has 1 aliphatic heterocycles. The third-order valence-corrected chi connectivity index (χ3v) is 4.25. The van der Waals surface area contributed by atoms with Gasteiger partial charge in [-0.25, -0.2) is 4.79 Å². The number of rotatable bonds is 3. The van der Waals surface area contributed by atoms with Crippen molar-refractivity contribution in [2.75, 3.05) is 26.2 Å². The quantitative estimate of drug-likeness (QED) is 0.757. The molecule has 1 amide bonds. The van der Waals surface area contributed by atoms with Gasteiger partial charge in [0.25, 0.3) is 5.56 Å². The van der Waals surface area contributed by atoms with Crippen molar-refractivity contribution in [1.29, 1.82) is 0 Å². The Hall–Kier alpha value is -1.89. The maximum absolute atomic E-state index is 12.0. The molecule has 2 rings (SSSR count). The van der Waals surface area contributed by atoms with Crippen LogP contribution in [0.3, 0.4) is 0 Å². The summed E-state index contributed by atoms with van der Waals surface area (Å²) in [6.07, 6.45) is 1.44. The van der Waals surface area contributed by atoms with Gasteiger partial charge >= 0.3 is 5.69 Å². The van der Waals surface area contributed by atoms with Crippen molar-refractivity contribution in [2.24, 2.45) is 14.1 Å². The molecule has 0 radical (unpaired) electrons. The van der Waals surface area contributed by atoms with E-state index in [-0.39, 0.29) is 17.2 Å². The molecule has 22 heavy (non-hydrogen) atoms. The Balaban J connectivity index is 2.11. The zero-order valence-electron chi connectivity index (χ0n) is 13.5. The number of carbonyl (C=O) groups excluding carboxylic acids is 1. The lowest BCUT2D eigenvalue weighted by atomic mass is 10.3. The van der Waals surface area contributed by atoms with E-state index < -0.39 is 0 Å². The van der Waals surface area contributed by atoms with Gasteiger partial charge in [0, 0.05) is 65.0 Å². The van der Waals surface area contributed by atoms with Crippen LogP contribution >= 0.6 is 0 Å². The van der Waals surface area contributed by atoms with Crippen molar-refractivity contribution in [3.05, 3.63) is 32.6 Å². The molecular formula is C15H24N4O3. The SMILES string of the molecule is CCC(=O)N1CCCN(Cc2cc(=O)n(C)c(=O)n2C)CC1. The summed E-state index contributed by atoms with van der Waals surface area (Å²) in [4.78, 5) is 39.6. The highest BCUT2D eigenvalue weighted by Crippen LogP contribution is 2.08. The number of carbonyl (C=O) groups is 1. The van der Waals surface area contributed by atoms with Gasteiger partial charge in [0.05, 0.1) is 0 Å². The fourth-order valence-electron chi connectivity index (χ4n) is 2.76. The Labute approximate surface area is 129 Å². The molecule has 0 unspecified atom stereocenters. The normalized spacial score (nSPS) is 16.6. The Kier molecular flexibility index (Phi) is 5.18. The first-order chi connectivity index (χ1) is 10.4. The lowest BCUT2D eigenvalue weighted by Gasteiger charge is -2.22. The van der Waals surface area contributed by atoms with Crippen molar-refractivity contribution < 1.29 is 4.79 Å². The maximum Gasteiger partial charge on any atom is 0.330 e. The van der Waals surface area contributed by atoms with Crippen LogP contribution in [0.2, 0.25) is 0 Å². The average Bonchev–Trinajstić information content (AvgIpc) is 2.75. The monoisotopic (exact) mass is 308 g/mol. The van der Waals surface area contributed by atoms with E-state index in [1.54, 1.807) is 7.05 Å². The van der Waals surface area contributed by atoms with E-state index in [1.165, 1.54) is 17.7 Å². The van der Waals surface area contributed by atoms with Gasteiger partial charge in [0.1, 0.15) is 0 Å². The van der Waals surface area contributed by atoms with Crippen LogP contribution in [0, 0.1) is 0 Å². The van der Waals surface area contributed by atoms with Crippen LogP contribution in [-0.2, 0) is 25.4 Å². The third-order valence-electron chi connectivity index (χ3n) is 4.25. The summed E-state index contributed by atoms with van der Waals surface area (Å²) in [5.74, 6) is 0.183. The van der Waals surface area contributed by atoms with E-state index in [0.717, 1.165) is 30.6 Å². The number of aromatic nitrogens is 2. The van der Waals surface area contributed by atoms with Gasteiger partial charge < -0.3 is 4.90 Å². The van der Waals surface area contributed by atoms with E-state index in [9.17, 15) is 14.4 Å². The molecule has 0 bridgehead atoms. The molecule has 2 heterocycles. The third kappa shape index (κ3) is 3.47. The molecule has 1 saturated heterocycles. The van der Waals surface area contributed by atoms with Gasteiger partial charge in [-0.3, -0.25) is 23.6 Å². The minimum Gasteiger partial charge on any atom is -0.341 e. The zero-order chi connectivity index (χ0) is 16.3. The second-order valence-corrected chi connectivity index (χ2v) is 5.74. The number of amides is 1. The Bertz CT molecular complexity index is 662. The van der Waals surface area contributed by atoms with Crippen molar-refractivity contribution in [2.45, 2.75) is 26.3 Å². The number of hydrogen-bond donors (Lipinski definition) is 0. The molecule has 0 aliphatic carbocycles. The maximum atomic E-state index is 12.0. The molecule has 1 aromatic rings. The highest BCUT2D eigenvalue weighted by Gasteiger charge is 2.19. The molecule has 7 heteroatoms. The first kappa shape index (κ1) is 16.5. The van der Waals surface area contributed by atoms with Crippen LogP contribution in [0.25, 0.3) is 0 Å². The van der Waals surface area contributed by atoms with E-state index in [0.29, 0.717) is 25.2 Å². The molecule has 0 spiro atoms. The van der Waals surface area contributed by atoms with Crippen LogP contribution in [0.4, 0.5) is 0 Å². The molecular weight excluding hydrogens is 284 g/mol. The standard InChI is InChI=1S/C15H24N4O3/c1-4-13(20)19-7-5-6-18(8-9-19)11-12-10-14(21)17(3)15(22)16(12)2/h10H,4-9,11H2,1-3H3. The topological polar surface area (TPSA) is 67.6 Å². The number of nitrogens with zero attached hydrogens (tertiary/aromatic N) is 4. The molecule has 1 fully saturated rings. The lowest BCUT2D eigenvalue weighted by molar-refractivity contribution is -0.130. The predicted octanol–water partition coefficient (Wildman–Crippen LogP) is -0.472. The molecule has 1 aromatic heterocycles. The summed E-state index contributed by atoms with van der Waals surface area (Å²) in [5.41, 5.74) is 0.124. The van der Waals surface area contributed by atoms with Gasteiger partial charge in [-0.1, -0.05) is 6.92 Å². The second kappa shape index (κ2) is 6.91. The van der Waals surface area contributed by atoms with Gasteiger partial charge in [0.15, 0.2) is 0 Å². The van der Waals surface area contributed by atoms with Crippen molar-refractivity contribution in [3.63, 3.8) is 0 Å². The first-order valence-electron chi connectivity index (χ1n) is 7.70. The van der Waals surface area contributed by atoms with Crippen LogP contribution in [0.1, 0.15) is 25.5 Å². The lowest BCUT2D eigenvalue weighted by Crippen LogP contribution is -2.40. The smallest absolute Gasteiger partial charge is 0.330 e. The molecule has 1 aliphatic rings. The minimum absolute atomic E-state index is 0.183. The van der Waals surface area contributed by atoms with Crippen LogP contribution in [0.5, 0.6) is 0 Å². The minimum atomic E-state index is -0.305. The molecule has 122 valence electrons. The summed E-state index contributed by atoms with van der Waals surface area (Å²) < 4.78 is 2.62. The van der Waals surface area contributed by atoms with Crippen molar-refractivity contribution in [3.8, 4) is 0 Å². The largest absolute Gasteiger partial charge is 0.341 e. The van der Waals surface area contributed by atoms with E-state index in [4.69, 9.17) is 0 Å². The Morgan fingerprint density at radius 3 is 2.50 bits per heavy atom. The van der Waals surface area contributed by atoms with Crippen molar-refractivity contribution >= 4 is 5.91 Å². The van der Waals surface area contributed by atoms with Gasteiger partial charge in [0.2, 0.25) is 5.91 Å². The summed E-state index contributed by atoms with van der Waals surface area (Å²) in [5, 5.41) is 0. The summed E-state index contributed by atoms with van der Waals surface area (Å²) >= 11 is 0. The molecule has 0 saturated carbocycles. The zero-order valence-corrected chi connectivity index (χ0v) is 13.5. The fraction of sp³-hybridized carbons (Fsp3) is 0.667. The molecule has 7 nitrogen and oxygen atoms in total. The Morgan fingerprint density at radius 1 is 1.09 bits per heavy atom. The molecule has 0 atom stereocenters. The summed E-state index contributed by atoms with van der Waals surface area (Å²) in [6, 6.07) is 1.52. The van der Waals surface area contributed by atoms with Crippen LogP contribution < -0.4 is 11.2 Å². The van der Waals surface area contributed by atoms with Gasteiger partial charge in [-0.15, -0.1) is 0 Å². The van der Waals surface area contributed by atoms with E-state index >= 15 is 0 Å². The Morgan fingerprint density at radius 2 is 1.82 bits per heavy atom. The van der Waals surface area contributed by atoms with Crippen LogP contribution in [0.15, 0.2) is 15.7 Å². The summed E-state index contributed by atoms with van der Waals surface area (Å²) in [6.45, 7) is 5.52. The molecule has 0 aromatic carbocycles. The van der Waals surface area contributed by atoms with E-state index in [1.807, 2.05) is 11.8 Å². The average molecular weight is 308 g/mol. The highest BCUT2D eigenvalue weighted by molar-refractivity contribution is 5.75. The fourth-order valence-corrected chi connectivity index (χ4v) is 2.76. The molecule has 0 N–H and O–H groups in total.